The second-order valence-corrected chi connectivity index (χ2v) is 8.59. The highest BCUT2D eigenvalue weighted by molar-refractivity contribution is 9.10. The van der Waals surface area contributed by atoms with E-state index >= 15 is 0 Å². The minimum atomic E-state index is 0.134. The molecular weight excluding hydrogens is 354 g/mol. The van der Waals surface area contributed by atoms with Crippen molar-refractivity contribution in [2.45, 2.75) is 51.0 Å². The second kappa shape index (κ2) is 5.80. The molecule has 1 aromatic rings. The lowest BCUT2D eigenvalue weighted by atomic mass is 9.53. The fraction of sp³-hybridized carbons (Fsp3) is 0.632. The van der Waals surface area contributed by atoms with Crippen LogP contribution in [-0.2, 0) is 0 Å². The minimum absolute atomic E-state index is 0.134. The molecule has 1 aromatic carbocycles. The van der Waals surface area contributed by atoms with Gasteiger partial charge in [0, 0.05) is 16.3 Å². The summed E-state index contributed by atoms with van der Waals surface area (Å²) in [5.74, 6) is 3.37. The Hall–Kier alpha value is -1.03. The Morgan fingerprint density at radius 2 is 1.83 bits per heavy atom. The van der Waals surface area contributed by atoms with Gasteiger partial charge in [-0.25, -0.2) is 0 Å². The van der Waals surface area contributed by atoms with Gasteiger partial charge < -0.3 is 9.84 Å². The standard InChI is InChI=1S/C19H24BrNO2/c1-2-23-17-7-16(20)6-15(18(17)22)11-21-19-8-12-3-13(9-19)5-14(4-12)10-19/h6-7,11-14,22H,2-5,8-10H2,1H3. The fourth-order valence-corrected chi connectivity index (χ4v) is 5.84. The van der Waals surface area contributed by atoms with Crippen LogP contribution in [0.3, 0.4) is 0 Å². The van der Waals surface area contributed by atoms with Crippen molar-refractivity contribution < 1.29 is 9.84 Å². The normalized spacial score (nSPS) is 35.1. The van der Waals surface area contributed by atoms with Gasteiger partial charge in [-0.1, -0.05) is 15.9 Å². The smallest absolute Gasteiger partial charge is 0.166 e. The Labute approximate surface area is 146 Å². The lowest BCUT2D eigenvalue weighted by molar-refractivity contribution is 0.00194. The fourth-order valence-electron chi connectivity index (χ4n) is 5.39. The molecule has 0 amide bonds. The van der Waals surface area contributed by atoms with E-state index in [0.29, 0.717) is 12.4 Å². The van der Waals surface area contributed by atoms with Crippen LogP contribution in [0.4, 0.5) is 0 Å². The number of phenols is 1. The van der Waals surface area contributed by atoms with Crippen molar-refractivity contribution in [3.05, 3.63) is 22.2 Å². The highest BCUT2D eigenvalue weighted by Gasteiger charge is 2.50. The highest BCUT2D eigenvalue weighted by atomic mass is 79.9. The third-order valence-corrected chi connectivity index (χ3v) is 6.31. The van der Waals surface area contributed by atoms with Gasteiger partial charge in [0.1, 0.15) is 0 Å². The van der Waals surface area contributed by atoms with Crippen LogP contribution in [0.15, 0.2) is 21.6 Å². The third kappa shape index (κ3) is 2.90. The molecule has 1 N–H and O–H groups in total. The third-order valence-electron chi connectivity index (χ3n) is 5.85. The zero-order valence-corrected chi connectivity index (χ0v) is 15.2. The summed E-state index contributed by atoms with van der Waals surface area (Å²) in [5, 5.41) is 10.4. The molecule has 0 atom stereocenters. The summed E-state index contributed by atoms with van der Waals surface area (Å²) in [6.07, 6.45) is 9.87. The van der Waals surface area contributed by atoms with Crippen molar-refractivity contribution in [1.82, 2.24) is 0 Å². The molecule has 0 aliphatic heterocycles. The molecular formula is C19H24BrNO2. The molecule has 0 saturated heterocycles. The van der Waals surface area contributed by atoms with Gasteiger partial charge in [0.2, 0.25) is 0 Å². The first-order valence-electron chi connectivity index (χ1n) is 8.77. The molecule has 4 saturated carbocycles. The average molecular weight is 378 g/mol. The summed E-state index contributed by atoms with van der Waals surface area (Å²) >= 11 is 3.50. The van der Waals surface area contributed by atoms with Crippen LogP contribution < -0.4 is 4.74 Å². The predicted octanol–water partition coefficient (Wildman–Crippen LogP) is 4.94. The van der Waals surface area contributed by atoms with Crippen LogP contribution in [-0.4, -0.2) is 23.5 Å². The molecule has 4 bridgehead atoms. The monoisotopic (exact) mass is 377 g/mol. The molecule has 23 heavy (non-hydrogen) atoms. The number of hydrogen-bond donors (Lipinski definition) is 1. The van der Waals surface area contributed by atoms with Crippen molar-refractivity contribution in [1.29, 1.82) is 0 Å². The quantitative estimate of drug-likeness (QED) is 0.754. The van der Waals surface area contributed by atoms with Crippen molar-refractivity contribution in [3.63, 3.8) is 0 Å². The Morgan fingerprint density at radius 1 is 1.22 bits per heavy atom. The van der Waals surface area contributed by atoms with E-state index < -0.39 is 0 Å². The molecule has 0 heterocycles. The number of benzene rings is 1. The summed E-state index contributed by atoms with van der Waals surface area (Å²) in [7, 11) is 0. The molecule has 5 rings (SSSR count). The van der Waals surface area contributed by atoms with E-state index in [2.05, 4.69) is 15.9 Å². The number of phenolic OH excluding ortho intramolecular Hbond substituents is 1. The van der Waals surface area contributed by atoms with E-state index in [4.69, 9.17) is 9.73 Å². The van der Waals surface area contributed by atoms with E-state index in [9.17, 15) is 5.11 Å². The maximum Gasteiger partial charge on any atom is 0.166 e. The zero-order chi connectivity index (χ0) is 16.0. The maximum absolute atomic E-state index is 10.4. The topological polar surface area (TPSA) is 41.8 Å². The van der Waals surface area contributed by atoms with Crippen LogP contribution in [0.5, 0.6) is 11.5 Å². The number of aromatic hydroxyl groups is 1. The van der Waals surface area contributed by atoms with Crippen LogP contribution in [0.25, 0.3) is 0 Å². The highest BCUT2D eigenvalue weighted by Crippen LogP contribution is 2.57. The van der Waals surface area contributed by atoms with E-state index in [1.807, 2.05) is 19.2 Å². The predicted molar refractivity (Wildman–Crippen MR) is 95.5 cm³/mol. The molecule has 0 radical (unpaired) electrons. The van der Waals surface area contributed by atoms with E-state index in [1.165, 1.54) is 38.5 Å². The first-order valence-corrected chi connectivity index (χ1v) is 9.57. The van der Waals surface area contributed by atoms with Crippen molar-refractivity contribution in [2.75, 3.05) is 6.61 Å². The largest absolute Gasteiger partial charge is 0.504 e. The lowest BCUT2D eigenvalue weighted by Gasteiger charge is -2.54. The lowest BCUT2D eigenvalue weighted by Crippen LogP contribution is -2.49. The summed E-state index contributed by atoms with van der Waals surface area (Å²) in [6.45, 7) is 2.46. The molecule has 0 aromatic heterocycles. The maximum atomic E-state index is 10.4. The summed E-state index contributed by atoms with van der Waals surface area (Å²) in [4.78, 5) is 5.03. The van der Waals surface area contributed by atoms with E-state index in [-0.39, 0.29) is 11.3 Å². The summed E-state index contributed by atoms with van der Waals surface area (Å²) in [6, 6.07) is 3.72. The van der Waals surface area contributed by atoms with E-state index in [1.54, 1.807) is 6.07 Å². The zero-order valence-electron chi connectivity index (χ0n) is 13.6. The second-order valence-electron chi connectivity index (χ2n) is 7.67. The average Bonchev–Trinajstić information content (AvgIpc) is 2.48. The number of ether oxygens (including phenoxy) is 1. The van der Waals surface area contributed by atoms with Gasteiger partial charge in [0.25, 0.3) is 0 Å². The minimum Gasteiger partial charge on any atom is -0.504 e. The number of halogens is 1. The Bertz CT molecular complexity index is 605. The van der Waals surface area contributed by atoms with Crippen LogP contribution in [0.2, 0.25) is 0 Å². The summed E-state index contributed by atoms with van der Waals surface area (Å²) < 4.78 is 6.42. The Balaban J connectivity index is 1.62. The first kappa shape index (κ1) is 15.5. The molecule has 124 valence electrons. The SMILES string of the molecule is CCOc1cc(Br)cc(C=NC23CC4CC(CC(C4)C2)C3)c1O. The molecule has 4 heteroatoms. The molecule has 4 fully saturated rings. The molecule has 4 aliphatic rings. The van der Waals surface area contributed by atoms with Crippen LogP contribution in [0, 0.1) is 17.8 Å². The molecule has 4 aliphatic carbocycles. The molecule has 0 unspecified atom stereocenters. The Kier molecular flexibility index (Phi) is 3.91. The first-order chi connectivity index (χ1) is 11.1. The van der Waals surface area contributed by atoms with Gasteiger partial charge in [-0.05, 0) is 75.3 Å². The number of rotatable bonds is 4. The van der Waals surface area contributed by atoms with E-state index in [0.717, 1.165) is 27.8 Å². The van der Waals surface area contributed by atoms with Gasteiger partial charge in [-0.15, -0.1) is 0 Å². The van der Waals surface area contributed by atoms with Gasteiger partial charge in [-0.2, -0.15) is 0 Å². The van der Waals surface area contributed by atoms with Gasteiger partial charge in [0.15, 0.2) is 11.5 Å². The van der Waals surface area contributed by atoms with Gasteiger partial charge in [-0.3, -0.25) is 4.99 Å². The van der Waals surface area contributed by atoms with Gasteiger partial charge in [0.05, 0.1) is 12.1 Å². The number of aliphatic imine (C=N–C) groups is 1. The number of nitrogens with zero attached hydrogens (tertiary/aromatic N) is 1. The van der Waals surface area contributed by atoms with Crippen molar-refractivity contribution in [3.8, 4) is 11.5 Å². The number of hydrogen-bond acceptors (Lipinski definition) is 3. The van der Waals surface area contributed by atoms with Gasteiger partial charge >= 0.3 is 0 Å². The van der Waals surface area contributed by atoms with Crippen LogP contribution >= 0.6 is 15.9 Å². The van der Waals surface area contributed by atoms with Crippen molar-refractivity contribution >= 4 is 22.1 Å². The van der Waals surface area contributed by atoms with Crippen LogP contribution in [0.1, 0.15) is 51.0 Å². The van der Waals surface area contributed by atoms with Crippen molar-refractivity contribution in [2.24, 2.45) is 22.7 Å². The molecule has 3 nitrogen and oxygen atoms in total. The summed E-state index contributed by atoms with van der Waals surface area (Å²) in [5.41, 5.74) is 0.883. The molecule has 0 spiro atoms. The Morgan fingerprint density at radius 3 is 2.39 bits per heavy atom.